The van der Waals surface area contributed by atoms with Crippen molar-refractivity contribution in [1.82, 2.24) is 15.1 Å². The van der Waals surface area contributed by atoms with E-state index >= 15 is 0 Å². The third kappa shape index (κ3) is 2.96. The molecular weight excluding hydrogens is 250 g/mol. The highest BCUT2D eigenvalue weighted by Crippen LogP contribution is 2.15. The molecule has 0 atom stereocenters. The van der Waals surface area contributed by atoms with Gasteiger partial charge in [-0.2, -0.15) is 5.10 Å². The predicted molar refractivity (Wildman–Crippen MR) is 81.3 cm³/mol. The van der Waals surface area contributed by atoms with Gasteiger partial charge >= 0.3 is 0 Å². The van der Waals surface area contributed by atoms with Gasteiger partial charge < -0.3 is 5.32 Å². The molecule has 0 radical (unpaired) electrons. The summed E-state index contributed by atoms with van der Waals surface area (Å²) in [5.41, 5.74) is 3.68. The highest BCUT2D eigenvalue weighted by molar-refractivity contribution is 5.41. The van der Waals surface area contributed by atoms with E-state index in [1.165, 1.54) is 5.56 Å². The summed E-state index contributed by atoms with van der Waals surface area (Å²) in [6.07, 6.45) is 0.936. The average molecular weight is 271 g/mol. The van der Waals surface area contributed by atoms with Crippen molar-refractivity contribution in [2.24, 2.45) is 0 Å². The van der Waals surface area contributed by atoms with E-state index in [0.717, 1.165) is 24.3 Å². The van der Waals surface area contributed by atoms with Gasteiger partial charge in [-0.25, -0.2) is 4.68 Å². The maximum atomic E-state index is 12.0. The van der Waals surface area contributed by atoms with E-state index in [9.17, 15) is 4.79 Å². The molecule has 2 rings (SSSR count). The Bertz CT molecular complexity index is 646. The molecule has 106 valence electrons. The Balaban J connectivity index is 2.53. The molecule has 0 spiro atoms. The molecule has 0 saturated carbocycles. The number of benzene rings is 1. The van der Waals surface area contributed by atoms with Crippen molar-refractivity contribution in [3.63, 3.8) is 0 Å². The molecule has 4 nitrogen and oxygen atoms in total. The summed E-state index contributed by atoms with van der Waals surface area (Å²) in [6.45, 7) is 7.37. The number of para-hydroxylation sites is 1. The highest BCUT2D eigenvalue weighted by Gasteiger charge is 2.09. The minimum absolute atomic E-state index is 0.00585. The van der Waals surface area contributed by atoms with Crippen LogP contribution in [0.4, 0.5) is 0 Å². The Kier molecular flexibility index (Phi) is 4.69. The normalized spacial score (nSPS) is 10.8. The second kappa shape index (κ2) is 6.48. The number of aromatic nitrogens is 2. The maximum absolute atomic E-state index is 12.0. The second-order valence-electron chi connectivity index (χ2n) is 4.77. The van der Waals surface area contributed by atoms with Crippen LogP contribution in [-0.4, -0.2) is 16.3 Å². The number of nitrogens with zero attached hydrogens (tertiary/aromatic N) is 2. The predicted octanol–water partition coefficient (Wildman–Crippen LogP) is 2.21. The van der Waals surface area contributed by atoms with Crippen LogP contribution in [0.2, 0.25) is 0 Å². The van der Waals surface area contributed by atoms with E-state index in [1.807, 2.05) is 36.7 Å². The van der Waals surface area contributed by atoms with Crippen LogP contribution >= 0.6 is 0 Å². The molecule has 1 aromatic carbocycles. The summed E-state index contributed by atoms with van der Waals surface area (Å²) in [6, 6.07) is 9.82. The summed E-state index contributed by atoms with van der Waals surface area (Å²) in [7, 11) is 0. The summed E-state index contributed by atoms with van der Waals surface area (Å²) >= 11 is 0. The Labute approximate surface area is 119 Å². The third-order valence-electron chi connectivity index (χ3n) is 3.32. The monoisotopic (exact) mass is 271 g/mol. The van der Waals surface area contributed by atoms with Gasteiger partial charge in [-0.1, -0.05) is 32.0 Å². The largest absolute Gasteiger partial charge is 0.311 e. The van der Waals surface area contributed by atoms with Crippen LogP contribution in [0, 0.1) is 6.92 Å². The third-order valence-corrected chi connectivity index (χ3v) is 3.32. The summed E-state index contributed by atoms with van der Waals surface area (Å²) < 4.78 is 1.87. The zero-order chi connectivity index (χ0) is 14.5. The Morgan fingerprint density at radius 2 is 2.00 bits per heavy atom. The molecule has 4 heteroatoms. The van der Waals surface area contributed by atoms with Gasteiger partial charge in [0.1, 0.15) is 5.69 Å². The molecule has 0 unspecified atom stereocenters. The molecule has 0 aliphatic heterocycles. The number of nitrogens with one attached hydrogen (secondary N) is 1. The number of rotatable bonds is 5. The lowest BCUT2D eigenvalue weighted by atomic mass is 10.1. The van der Waals surface area contributed by atoms with Gasteiger partial charge in [0, 0.05) is 18.3 Å². The van der Waals surface area contributed by atoms with Crippen LogP contribution in [-0.2, 0) is 13.0 Å². The van der Waals surface area contributed by atoms with E-state index in [0.29, 0.717) is 12.2 Å². The van der Waals surface area contributed by atoms with Crippen LogP contribution in [0.1, 0.15) is 30.8 Å². The van der Waals surface area contributed by atoms with Crippen molar-refractivity contribution >= 4 is 0 Å². The average Bonchev–Trinajstić information content (AvgIpc) is 2.46. The van der Waals surface area contributed by atoms with Crippen molar-refractivity contribution in [2.45, 2.75) is 33.7 Å². The first-order chi connectivity index (χ1) is 9.67. The summed E-state index contributed by atoms with van der Waals surface area (Å²) in [4.78, 5) is 12.0. The number of hydrogen-bond donors (Lipinski definition) is 1. The molecular formula is C16H21N3O. The van der Waals surface area contributed by atoms with Crippen molar-refractivity contribution < 1.29 is 0 Å². The lowest BCUT2D eigenvalue weighted by Gasteiger charge is -2.14. The van der Waals surface area contributed by atoms with E-state index in [2.05, 4.69) is 23.4 Å². The van der Waals surface area contributed by atoms with Gasteiger partial charge in [0.2, 0.25) is 5.43 Å². The number of hydrogen-bond acceptors (Lipinski definition) is 3. The van der Waals surface area contributed by atoms with Crippen LogP contribution in [0.5, 0.6) is 0 Å². The quantitative estimate of drug-likeness (QED) is 0.907. The number of aryl methyl sites for hydroxylation is 2. The zero-order valence-electron chi connectivity index (χ0n) is 12.3. The SMILES string of the molecule is CCNCc1nn(-c2ccccc2CC)c(C)cc1=O. The van der Waals surface area contributed by atoms with Crippen molar-refractivity contribution in [1.29, 1.82) is 0 Å². The van der Waals surface area contributed by atoms with Gasteiger partial charge in [0.25, 0.3) is 0 Å². The molecule has 1 aromatic heterocycles. The van der Waals surface area contributed by atoms with Gasteiger partial charge in [-0.3, -0.25) is 4.79 Å². The van der Waals surface area contributed by atoms with Crippen LogP contribution in [0.25, 0.3) is 5.69 Å². The van der Waals surface area contributed by atoms with Gasteiger partial charge in [-0.05, 0) is 31.5 Å². The topological polar surface area (TPSA) is 46.9 Å². The van der Waals surface area contributed by atoms with Crippen molar-refractivity contribution in [3.05, 3.63) is 57.5 Å². The van der Waals surface area contributed by atoms with E-state index in [4.69, 9.17) is 0 Å². The first-order valence-electron chi connectivity index (χ1n) is 7.06. The summed E-state index contributed by atoms with van der Waals surface area (Å²) in [5.74, 6) is 0. The molecule has 0 aliphatic carbocycles. The van der Waals surface area contributed by atoms with Gasteiger partial charge in [0.15, 0.2) is 0 Å². The first kappa shape index (κ1) is 14.5. The van der Waals surface area contributed by atoms with E-state index in [-0.39, 0.29) is 5.43 Å². The molecule has 20 heavy (non-hydrogen) atoms. The van der Waals surface area contributed by atoms with Gasteiger partial charge in [-0.15, -0.1) is 0 Å². The van der Waals surface area contributed by atoms with Gasteiger partial charge in [0.05, 0.1) is 5.69 Å². The Morgan fingerprint density at radius 1 is 1.25 bits per heavy atom. The smallest absolute Gasteiger partial charge is 0.204 e. The Hall–Kier alpha value is -1.94. The molecule has 0 bridgehead atoms. The molecule has 2 aromatic rings. The molecule has 0 fully saturated rings. The minimum Gasteiger partial charge on any atom is -0.311 e. The summed E-state index contributed by atoms with van der Waals surface area (Å²) in [5, 5.41) is 7.69. The fraction of sp³-hybridized carbons (Fsp3) is 0.375. The Morgan fingerprint density at radius 3 is 2.70 bits per heavy atom. The van der Waals surface area contributed by atoms with E-state index in [1.54, 1.807) is 6.07 Å². The lowest BCUT2D eigenvalue weighted by molar-refractivity contribution is 0.664. The zero-order valence-corrected chi connectivity index (χ0v) is 12.3. The van der Waals surface area contributed by atoms with Crippen LogP contribution in [0.15, 0.2) is 35.1 Å². The molecule has 1 heterocycles. The minimum atomic E-state index is -0.00585. The van der Waals surface area contributed by atoms with Crippen LogP contribution < -0.4 is 10.7 Å². The van der Waals surface area contributed by atoms with E-state index < -0.39 is 0 Å². The van der Waals surface area contributed by atoms with Crippen molar-refractivity contribution in [2.75, 3.05) is 6.54 Å². The maximum Gasteiger partial charge on any atom is 0.204 e. The molecule has 0 aliphatic rings. The molecule has 0 amide bonds. The standard InChI is InChI=1S/C16H21N3O/c1-4-13-8-6-7-9-15(13)19-12(3)10-16(20)14(18-19)11-17-5-2/h6-10,17H,4-5,11H2,1-3H3. The molecule has 0 saturated heterocycles. The fourth-order valence-corrected chi connectivity index (χ4v) is 2.21. The fourth-order valence-electron chi connectivity index (χ4n) is 2.21. The van der Waals surface area contributed by atoms with Crippen molar-refractivity contribution in [3.8, 4) is 5.69 Å². The second-order valence-corrected chi connectivity index (χ2v) is 4.77. The van der Waals surface area contributed by atoms with Crippen LogP contribution in [0.3, 0.4) is 0 Å². The first-order valence-corrected chi connectivity index (χ1v) is 7.06. The molecule has 1 N–H and O–H groups in total. The lowest BCUT2D eigenvalue weighted by Crippen LogP contribution is -2.24. The highest BCUT2D eigenvalue weighted by atomic mass is 16.1.